The van der Waals surface area contributed by atoms with Crippen LogP contribution < -0.4 is 4.74 Å². The number of ether oxygens (including phenoxy) is 1. The maximum atomic E-state index is 11.2. The predicted molar refractivity (Wildman–Crippen MR) is 54.4 cm³/mol. The summed E-state index contributed by atoms with van der Waals surface area (Å²) in [5, 5.41) is 10.7. The minimum absolute atomic E-state index is 0.140. The molecule has 0 saturated heterocycles. The Morgan fingerprint density at radius 3 is 2.47 bits per heavy atom. The van der Waals surface area contributed by atoms with Gasteiger partial charge in [0.1, 0.15) is 5.75 Å². The summed E-state index contributed by atoms with van der Waals surface area (Å²) in [7, 11) is 1.42. The average Bonchev–Trinajstić information content (AvgIpc) is 2.15. The van der Waals surface area contributed by atoms with Gasteiger partial charge in [0.05, 0.1) is 23.7 Å². The fourth-order valence-corrected chi connectivity index (χ4v) is 1.46. The van der Waals surface area contributed by atoms with Crippen molar-refractivity contribution in [3.63, 3.8) is 0 Å². The zero-order valence-corrected chi connectivity index (χ0v) is 8.73. The molecule has 0 spiro atoms. The van der Waals surface area contributed by atoms with E-state index in [4.69, 9.17) is 4.74 Å². The molecule has 5 heteroatoms. The van der Waals surface area contributed by atoms with Crippen molar-refractivity contribution < 1.29 is 14.5 Å². The lowest BCUT2D eigenvalue weighted by atomic mass is 10.0. The van der Waals surface area contributed by atoms with E-state index in [1.807, 2.05) is 0 Å². The molecule has 15 heavy (non-hydrogen) atoms. The standard InChI is InChI=1S/C10H11NO4/c1-6-4-8(15-3)5-9(11(13)14)10(6)7(2)12/h4-5H,1-3H3. The monoisotopic (exact) mass is 209 g/mol. The molecule has 0 aromatic heterocycles. The third kappa shape index (κ3) is 2.12. The number of methoxy groups -OCH3 is 1. The zero-order valence-electron chi connectivity index (χ0n) is 8.73. The number of nitro benzene ring substituents is 1. The van der Waals surface area contributed by atoms with Crippen LogP contribution in [0.4, 0.5) is 5.69 Å². The molecular weight excluding hydrogens is 198 g/mol. The molecule has 1 rings (SSSR count). The zero-order chi connectivity index (χ0) is 11.6. The number of carbonyl (C=O) groups excluding carboxylic acids is 1. The minimum Gasteiger partial charge on any atom is -0.496 e. The number of rotatable bonds is 3. The Balaban J connectivity index is 3.49. The normalized spacial score (nSPS) is 9.80. The van der Waals surface area contributed by atoms with Gasteiger partial charge in [-0.1, -0.05) is 0 Å². The van der Waals surface area contributed by atoms with Crippen LogP contribution in [-0.4, -0.2) is 17.8 Å². The predicted octanol–water partition coefficient (Wildman–Crippen LogP) is 2.11. The van der Waals surface area contributed by atoms with Gasteiger partial charge in [0, 0.05) is 0 Å². The summed E-state index contributed by atoms with van der Waals surface area (Å²) >= 11 is 0. The van der Waals surface area contributed by atoms with Gasteiger partial charge in [-0.15, -0.1) is 0 Å². The van der Waals surface area contributed by atoms with E-state index in [1.165, 1.54) is 20.1 Å². The van der Waals surface area contributed by atoms with Crippen LogP contribution in [-0.2, 0) is 0 Å². The molecule has 1 aromatic carbocycles. The van der Waals surface area contributed by atoms with E-state index < -0.39 is 4.92 Å². The molecule has 0 aliphatic rings. The molecule has 0 N–H and O–H groups in total. The Hall–Kier alpha value is -1.91. The van der Waals surface area contributed by atoms with E-state index in [0.29, 0.717) is 11.3 Å². The average molecular weight is 209 g/mol. The van der Waals surface area contributed by atoms with Crippen molar-refractivity contribution in [2.24, 2.45) is 0 Å². The van der Waals surface area contributed by atoms with Crippen LogP contribution in [0.1, 0.15) is 22.8 Å². The first-order chi connectivity index (χ1) is 6.97. The second-order valence-corrected chi connectivity index (χ2v) is 3.15. The molecule has 5 nitrogen and oxygen atoms in total. The Morgan fingerprint density at radius 2 is 2.07 bits per heavy atom. The van der Waals surface area contributed by atoms with Crippen molar-refractivity contribution in [3.05, 3.63) is 33.4 Å². The maximum absolute atomic E-state index is 11.2. The van der Waals surface area contributed by atoms with Gasteiger partial charge in [-0.3, -0.25) is 14.9 Å². The summed E-state index contributed by atoms with van der Waals surface area (Å²) in [5.41, 5.74) is 0.480. The van der Waals surface area contributed by atoms with Gasteiger partial charge in [0.25, 0.3) is 5.69 Å². The minimum atomic E-state index is -0.577. The highest BCUT2D eigenvalue weighted by Gasteiger charge is 2.21. The van der Waals surface area contributed by atoms with E-state index in [9.17, 15) is 14.9 Å². The van der Waals surface area contributed by atoms with Crippen LogP contribution in [0.25, 0.3) is 0 Å². The Labute approximate surface area is 86.8 Å². The van der Waals surface area contributed by atoms with Crippen LogP contribution in [0.2, 0.25) is 0 Å². The van der Waals surface area contributed by atoms with E-state index in [2.05, 4.69) is 0 Å². The number of benzene rings is 1. The summed E-state index contributed by atoms with van der Waals surface area (Å²) in [6, 6.07) is 2.85. The summed E-state index contributed by atoms with van der Waals surface area (Å²) in [6.45, 7) is 2.95. The van der Waals surface area contributed by atoms with Gasteiger partial charge in [-0.2, -0.15) is 0 Å². The van der Waals surface area contributed by atoms with Crippen molar-refractivity contribution in [1.29, 1.82) is 0 Å². The second-order valence-electron chi connectivity index (χ2n) is 3.15. The topological polar surface area (TPSA) is 69.4 Å². The molecule has 80 valence electrons. The fourth-order valence-electron chi connectivity index (χ4n) is 1.46. The first-order valence-corrected chi connectivity index (χ1v) is 4.31. The fraction of sp³-hybridized carbons (Fsp3) is 0.300. The summed E-state index contributed by atoms with van der Waals surface area (Å²) in [4.78, 5) is 21.4. The number of hydrogen-bond acceptors (Lipinski definition) is 4. The molecule has 1 aromatic rings. The molecule has 0 radical (unpaired) electrons. The number of carbonyl (C=O) groups is 1. The molecule has 0 fully saturated rings. The van der Waals surface area contributed by atoms with Crippen molar-refractivity contribution >= 4 is 11.5 Å². The van der Waals surface area contributed by atoms with E-state index in [1.54, 1.807) is 13.0 Å². The van der Waals surface area contributed by atoms with Crippen molar-refractivity contribution in [2.75, 3.05) is 7.11 Å². The highest BCUT2D eigenvalue weighted by Crippen LogP contribution is 2.28. The lowest BCUT2D eigenvalue weighted by Gasteiger charge is -2.06. The first kappa shape index (κ1) is 11.2. The van der Waals surface area contributed by atoms with Crippen molar-refractivity contribution in [1.82, 2.24) is 0 Å². The lowest BCUT2D eigenvalue weighted by molar-refractivity contribution is -0.385. The van der Waals surface area contributed by atoms with E-state index in [-0.39, 0.29) is 17.0 Å². The van der Waals surface area contributed by atoms with Crippen LogP contribution in [0.5, 0.6) is 5.75 Å². The third-order valence-electron chi connectivity index (χ3n) is 2.07. The van der Waals surface area contributed by atoms with Gasteiger partial charge < -0.3 is 4.74 Å². The largest absolute Gasteiger partial charge is 0.496 e. The number of aryl methyl sites for hydroxylation is 1. The van der Waals surface area contributed by atoms with Crippen LogP contribution >= 0.6 is 0 Å². The Kier molecular flexibility index (Phi) is 3.04. The van der Waals surface area contributed by atoms with Gasteiger partial charge in [0.2, 0.25) is 0 Å². The molecule has 0 unspecified atom stereocenters. The summed E-state index contributed by atoms with van der Waals surface area (Å²) < 4.78 is 4.90. The maximum Gasteiger partial charge on any atom is 0.284 e. The quantitative estimate of drug-likeness (QED) is 0.434. The summed E-state index contributed by atoms with van der Waals surface area (Å²) in [6.07, 6.45) is 0. The van der Waals surface area contributed by atoms with Crippen molar-refractivity contribution in [2.45, 2.75) is 13.8 Å². The smallest absolute Gasteiger partial charge is 0.284 e. The Morgan fingerprint density at radius 1 is 1.47 bits per heavy atom. The molecular formula is C10H11NO4. The number of Topliss-reactive ketones (excluding diaryl/α,β-unsaturated/α-hetero) is 1. The highest BCUT2D eigenvalue weighted by atomic mass is 16.6. The van der Waals surface area contributed by atoms with Crippen molar-refractivity contribution in [3.8, 4) is 5.75 Å². The van der Waals surface area contributed by atoms with Gasteiger partial charge in [-0.25, -0.2) is 0 Å². The number of nitro groups is 1. The summed E-state index contributed by atoms with van der Waals surface area (Å²) in [5.74, 6) is 0.0612. The molecule has 0 amide bonds. The van der Waals surface area contributed by atoms with Gasteiger partial charge in [-0.05, 0) is 25.5 Å². The SMILES string of the molecule is COc1cc(C)c(C(C)=O)c([N+](=O)[O-])c1. The van der Waals surface area contributed by atoms with Crippen LogP contribution in [0, 0.1) is 17.0 Å². The Bertz CT molecular complexity index is 426. The molecule has 0 atom stereocenters. The molecule has 0 heterocycles. The van der Waals surface area contributed by atoms with Gasteiger partial charge in [0.15, 0.2) is 5.78 Å². The number of nitrogens with zero attached hydrogens (tertiary/aromatic N) is 1. The third-order valence-corrected chi connectivity index (χ3v) is 2.07. The highest BCUT2D eigenvalue weighted by molar-refractivity contribution is 5.99. The first-order valence-electron chi connectivity index (χ1n) is 4.31. The lowest BCUT2D eigenvalue weighted by Crippen LogP contribution is -2.03. The van der Waals surface area contributed by atoms with Crippen LogP contribution in [0.3, 0.4) is 0 Å². The van der Waals surface area contributed by atoms with Crippen LogP contribution in [0.15, 0.2) is 12.1 Å². The van der Waals surface area contributed by atoms with Gasteiger partial charge >= 0.3 is 0 Å². The second kappa shape index (κ2) is 4.08. The molecule has 0 aliphatic carbocycles. The molecule has 0 saturated carbocycles. The number of hydrogen-bond donors (Lipinski definition) is 0. The number of ketones is 1. The molecule has 0 bridgehead atoms. The van der Waals surface area contributed by atoms with E-state index in [0.717, 1.165) is 0 Å². The van der Waals surface area contributed by atoms with E-state index >= 15 is 0 Å². The molecule has 0 aliphatic heterocycles.